The lowest BCUT2D eigenvalue weighted by atomic mass is 10.2. The Labute approximate surface area is 210 Å². The summed E-state index contributed by atoms with van der Waals surface area (Å²) < 4.78 is 2.15. The maximum Gasteiger partial charge on any atom is 0.267 e. The van der Waals surface area contributed by atoms with Crippen LogP contribution in [0.5, 0.6) is 0 Å². The third-order valence-electron chi connectivity index (χ3n) is 6.57. The van der Waals surface area contributed by atoms with Crippen molar-refractivity contribution in [1.82, 2.24) is 19.2 Å². The van der Waals surface area contributed by atoms with Crippen LogP contribution >= 0.6 is 24.0 Å². The number of pyridine rings is 1. The fourth-order valence-electron chi connectivity index (χ4n) is 4.46. The van der Waals surface area contributed by atoms with Gasteiger partial charge < -0.3 is 9.80 Å². The number of carbonyl (C=O) groups excluding carboxylic acids is 1. The van der Waals surface area contributed by atoms with Crippen molar-refractivity contribution in [2.75, 3.05) is 44.2 Å². The number of piperazine rings is 1. The van der Waals surface area contributed by atoms with Crippen LogP contribution in [0.15, 0.2) is 28.0 Å². The van der Waals surface area contributed by atoms with Crippen molar-refractivity contribution in [3.05, 3.63) is 44.7 Å². The Kier molecular flexibility index (Phi) is 8.06. The standard InChI is InChI=1S/C25H33N5O2S2/c1-4-6-7-8-11-30-24(32)20(34-25(30)33)17-19-22(28-15-13-27(5-2)14-16-28)26-21-18(3)10-9-12-29(21)23(19)31/h9-10,12,17H,4-8,11,13-16H2,1-3H3/b20-17+. The van der Waals surface area contributed by atoms with Gasteiger partial charge in [0.15, 0.2) is 0 Å². The van der Waals surface area contributed by atoms with Crippen LogP contribution in [0.2, 0.25) is 0 Å². The summed E-state index contributed by atoms with van der Waals surface area (Å²) in [6, 6.07) is 3.81. The van der Waals surface area contributed by atoms with Crippen LogP contribution in [0, 0.1) is 6.92 Å². The van der Waals surface area contributed by atoms with Crippen LogP contribution in [0.25, 0.3) is 11.7 Å². The molecule has 0 aromatic carbocycles. The van der Waals surface area contributed by atoms with E-state index in [0.717, 1.165) is 64.0 Å². The van der Waals surface area contributed by atoms with Gasteiger partial charge in [-0.1, -0.05) is 63.2 Å². The molecule has 1 amide bonds. The van der Waals surface area contributed by atoms with E-state index in [1.54, 1.807) is 21.6 Å². The molecule has 2 aliphatic rings. The van der Waals surface area contributed by atoms with Crippen LogP contribution in [0.3, 0.4) is 0 Å². The SMILES string of the molecule is CCCCCCN1C(=O)/C(=C\c2c(N3CCN(CC)CC3)nc3c(C)cccn3c2=O)SC1=S. The molecule has 4 rings (SSSR count). The number of hydrogen-bond donors (Lipinski definition) is 0. The Balaban J connectivity index is 1.72. The Bertz CT molecular complexity index is 1170. The number of carbonyl (C=O) groups is 1. The molecule has 0 saturated carbocycles. The van der Waals surface area contributed by atoms with Crippen LogP contribution in [0.1, 0.15) is 50.7 Å². The Hall–Kier alpha value is -2.23. The first-order chi connectivity index (χ1) is 16.4. The highest BCUT2D eigenvalue weighted by atomic mass is 32.2. The molecule has 2 aromatic heterocycles. The molecule has 0 atom stereocenters. The average molecular weight is 500 g/mol. The molecular weight excluding hydrogens is 466 g/mol. The van der Waals surface area contributed by atoms with Gasteiger partial charge in [-0.2, -0.15) is 0 Å². The second kappa shape index (κ2) is 11.0. The molecule has 2 aromatic rings. The van der Waals surface area contributed by atoms with E-state index in [2.05, 4.69) is 23.6 Å². The van der Waals surface area contributed by atoms with E-state index in [9.17, 15) is 9.59 Å². The first-order valence-corrected chi connectivity index (χ1v) is 13.4. The van der Waals surface area contributed by atoms with Crippen molar-refractivity contribution in [2.45, 2.75) is 46.5 Å². The largest absolute Gasteiger partial charge is 0.353 e. The monoisotopic (exact) mass is 499 g/mol. The zero-order chi connectivity index (χ0) is 24.2. The van der Waals surface area contributed by atoms with Gasteiger partial charge in [0.2, 0.25) is 0 Å². The first-order valence-electron chi connectivity index (χ1n) is 12.2. The fraction of sp³-hybridized carbons (Fsp3) is 0.520. The molecule has 0 unspecified atom stereocenters. The molecule has 2 fully saturated rings. The predicted octanol–water partition coefficient (Wildman–Crippen LogP) is 3.93. The number of aromatic nitrogens is 2. The summed E-state index contributed by atoms with van der Waals surface area (Å²) in [5.41, 5.74) is 1.90. The number of anilines is 1. The molecule has 0 spiro atoms. The summed E-state index contributed by atoms with van der Waals surface area (Å²) in [5.74, 6) is 0.547. The predicted molar refractivity (Wildman–Crippen MR) is 145 cm³/mol. The van der Waals surface area contributed by atoms with E-state index in [1.807, 2.05) is 19.1 Å². The van der Waals surface area contributed by atoms with Crippen molar-refractivity contribution < 1.29 is 4.79 Å². The first kappa shape index (κ1) is 24.9. The van der Waals surface area contributed by atoms with Gasteiger partial charge >= 0.3 is 0 Å². The van der Waals surface area contributed by atoms with E-state index in [4.69, 9.17) is 17.2 Å². The minimum atomic E-state index is -0.158. The molecule has 9 heteroatoms. The number of rotatable bonds is 8. The zero-order valence-electron chi connectivity index (χ0n) is 20.2. The topological polar surface area (TPSA) is 61.2 Å². The van der Waals surface area contributed by atoms with Gasteiger partial charge in [0.1, 0.15) is 15.8 Å². The minimum absolute atomic E-state index is 0.109. The summed E-state index contributed by atoms with van der Waals surface area (Å²) in [4.78, 5) is 38.5. The molecule has 0 bridgehead atoms. The third kappa shape index (κ3) is 5.06. The highest BCUT2D eigenvalue weighted by molar-refractivity contribution is 8.26. The van der Waals surface area contributed by atoms with Crippen LogP contribution in [-0.4, -0.2) is 68.7 Å². The molecule has 0 aliphatic carbocycles. The van der Waals surface area contributed by atoms with Crippen molar-refractivity contribution in [3.8, 4) is 0 Å². The Morgan fingerprint density at radius 3 is 2.59 bits per heavy atom. The van der Waals surface area contributed by atoms with Crippen LogP contribution in [-0.2, 0) is 4.79 Å². The molecule has 0 N–H and O–H groups in total. The highest BCUT2D eigenvalue weighted by Gasteiger charge is 2.32. The number of amides is 1. The lowest BCUT2D eigenvalue weighted by Crippen LogP contribution is -2.47. The van der Waals surface area contributed by atoms with Gasteiger partial charge in [0, 0.05) is 38.9 Å². The number of hydrogen-bond acceptors (Lipinski definition) is 7. The van der Waals surface area contributed by atoms with Gasteiger partial charge in [-0.05, 0) is 37.6 Å². The second-order valence-electron chi connectivity index (χ2n) is 8.85. The molecule has 2 aliphatic heterocycles. The van der Waals surface area contributed by atoms with Gasteiger partial charge in [0.05, 0.1) is 10.5 Å². The van der Waals surface area contributed by atoms with Crippen LogP contribution < -0.4 is 10.5 Å². The quantitative estimate of drug-likeness (QED) is 0.310. The van der Waals surface area contributed by atoms with Crippen molar-refractivity contribution in [1.29, 1.82) is 0 Å². The van der Waals surface area contributed by atoms with Gasteiger partial charge in [-0.25, -0.2) is 4.98 Å². The van der Waals surface area contributed by atoms with E-state index >= 15 is 0 Å². The Morgan fingerprint density at radius 2 is 1.88 bits per heavy atom. The van der Waals surface area contributed by atoms with E-state index in [0.29, 0.717) is 32.8 Å². The molecule has 0 radical (unpaired) electrons. The number of thiocarbonyl (C=S) groups is 1. The van der Waals surface area contributed by atoms with Crippen LogP contribution in [0.4, 0.5) is 5.82 Å². The smallest absolute Gasteiger partial charge is 0.267 e. The van der Waals surface area contributed by atoms with Crippen molar-refractivity contribution >= 4 is 51.7 Å². The normalized spacial score (nSPS) is 18.6. The Morgan fingerprint density at radius 1 is 1.12 bits per heavy atom. The van der Waals surface area contributed by atoms with E-state index in [1.165, 1.54) is 11.8 Å². The summed E-state index contributed by atoms with van der Waals surface area (Å²) in [5, 5.41) is 0. The summed E-state index contributed by atoms with van der Waals surface area (Å²) in [7, 11) is 0. The van der Waals surface area contributed by atoms with Gasteiger partial charge in [0.25, 0.3) is 11.5 Å². The highest BCUT2D eigenvalue weighted by Crippen LogP contribution is 2.34. The second-order valence-corrected chi connectivity index (χ2v) is 10.5. The summed E-state index contributed by atoms with van der Waals surface area (Å²) in [6.45, 7) is 11.4. The average Bonchev–Trinajstić information content (AvgIpc) is 3.11. The van der Waals surface area contributed by atoms with E-state index < -0.39 is 0 Å². The van der Waals surface area contributed by atoms with E-state index in [-0.39, 0.29) is 11.5 Å². The molecule has 182 valence electrons. The fourth-order valence-corrected chi connectivity index (χ4v) is 5.75. The summed E-state index contributed by atoms with van der Waals surface area (Å²) >= 11 is 6.80. The van der Waals surface area contributed by atoms with Crippen molar-refractivity contribution in [3.63, 3.8) is 0 Å². The molecule has 7 nitrogen and oxygen atoms in total. The number of thioether (sulfide) groups is 1. The zero-order valence-corrected chi connectivity index (χ0v) is 21.9. The lowest BCUT2D eigenvalue weighted by molar-refractivity contribution is -0.122. The van der Waals surface area contributed by atoms with Gasteiger partial charge in [-0.3, -0.25) is 18.9 Å². The molecule has 34 heavy (non-hydrogen) atoms. The minimum Gasteiger partial charge on any atom is -0.353 e. The summed E-state index contributed by atoms with van der Waals surface area (Å²) in [6.07, 6.45) is 7.77. The number of likely N-dealkylation sites (N-methyl/N-ethyl adjacent to an activating group) is 1. The molecule has 2 saturated heterocycles. The number of fused-ring (bicyclic) bond motifs is 1. The van der Waals surface area contributed by atoms with Gasteiger partial charge in [-0.15, -0.1) is 0 Å². The number of aryl methyl sites for hydroxylation is 1. The number of nitrogens with zero attached hydrogens (tertiary/aromatic N) is 5. The maximum atomic E-state index is 13.6. The third-order valence-corrected chi connectivity index (χ3v) is 7.95. The lowest BCUT2D eigenvalue weighted by Gasteiger charge is -2.35. The number of unbranched alkanes of at least 4 members (excludes halogenated alkanes) is 3. The molecular formula is C25H33N5O2S2. The maximum absolute atomic E-state index is 13.6. The van der Waals surface area contributed by atoms with Crippen molar-refractivity contribution in [2.24, 2.45) is 0 Å². The molecule has 4 heterocycles.